The van der Waals surface area contributed by atoms with Gasteiger partial charge in [-0.25, -0.2) is 0 Å². The van der Waals surface area contributed by atoms with Gasteiger partial charge in [-0.3, -0.25) is 0 Å². The number of rotatable bonds is 6. The lowest BCUT2D eigenvalue weighted by Gasteiger charge is -2.17. The van der Waals surface area contributed by atoms with Crippen LogP contribution in [0.1, 0.15) is 24.3 Å². The van der Waals surface area contributed by atoms with E-state index in [2.05, 4.69) is 30.6 Å². The minimum Gasteiger partial charge on any atom is -0.507 e. The van der Waals surface area contributed by atoms with E-state index >= 15 is 0 Å². The fourth-order valence-electron chi connectivity index (χ4n) is 3.72. The van der Waals surface area contributed by atoms with E-state index < -0.39 is 0 Å². The first-order chi connectivity index (χ1) is 14.2. The van der Waals surface area contributed by atoms with Crippen molar-refractivity contribution in [3.05, 3.63) is 35.3 Å². The molecular formula is C21H24N6OS. The lowest BCUT2D eigenvalue weighted by molar-refractivity contribution is 0.477. The van der Waals surface area contributed by atoms with Crippen molar-refractivity contribution >= 4 is 17.2 Å². The second-order valence-corrected chi connectivity index (χ2v) is 9.10. The van der Waals surface area contributed by atoms with Crippen LogP contribution in [0.15, 0.2) is 30.3 Å². The summed E-state index contributed by atoms with van der Waals surface area (Å²) in [5.41, 5.74) is 2.18. The first kappa shape index (κ1) is 18.4. The monoisotopic (exact) mass is 408 g/mol. The third-order valence-electron chi connectivity index (χ3n) is 5.60. The topological polar surface area (TPSA) is 87.1 Å². The van der Waals surface area contributed by atoms with E-state index in [-0.39, 0.29) is 5.75 Å². The molecule has 2 N–H and O–H groups in total. The molecule has 0 bridgehead atoms. The number of nitrogens with one attached hydrogen (secondary N) is 1. The second kappa shape index (κ2) is 7.68. The van der Waals surface area contributed by atoms with Crippen molar-refractivity contribution in [2.45, 2.75) is 32.2 Å². The van der Waals surface area contributed by atoms with Crippen LogP contribution in [0.5, 0.6) is 5.75 Å². The van der Waals surface area contributed by atoms with Crippen molar-refractivity contribution in [3.63, 3.8) is 0 Å². The Morgan fingerprint density at radius 3 is 2.69 bits per heavy atom. The van der Waals surface area contributed by atoms with Gasteiger partial charge in [0, 0.05) is 30.3 Å². The van der Waals surface area contributed by atoms with Crippen LogP contribution in [0.4, 0.5) is 5.82 Å². The number of hydrogen-bond donors (Lipinski definition) is 2. The number of nitrogens with zero attached hydrogens (tertiary/aromatic N) is 5. The smallest absolute Gasteiger partial charge is 0.151 e. The minimum atomic E-state index is 0.169. The Bertz CT molecular complexity index is 1000. The summed E-state index contributed by atoms with van der Waals surface area (Å²) in [4.78, 5) is 2.28. The summed E-state index contributed by atoms with van der Waals surface area (Å²) < 4.78 is 0. The summed E-state index contributed by atoms with van der Waals surface area (Å²) >= 11 is 1.50. The zero-order chi connectivity index (χ0) is 19.8. The average molecular weight is 409 g/mol. The molecule has 7 nitrogen and oxygen atoms in total. The van der Waals surface area contributed by atoms with Gasteiger partial charge in [0.15, 0.2) is 5.82 Å². The van der Waals surface area contributed by atoms with Crippen molar-refractivity contribution in [2.75, 3.05) is 24.5 Å². The molecule has 1 atom stereocenters. The van der Waals surface area contributed by atoms with Crippen LogP contribution < -0.4 is 10.2 Å². The Morgan fingerprint density at radius 2 is 2.00 bits per heavy atom. The number of phenols is 1. The highest BCUT2D eigenvalue weighted by Gasteiger charge is 2.27. The molecule has 1 saturated carbocycles. The normalized spacial score (nSPS) is 19.1. The Balaban J connectivity index is 1.27. The van der Waals surface area contributed by atoms with Gasteiger partial charge in [-0.15, -0.1) is 20.4 Å². The molecule has 3 aromatic rings. The Kier molecular flexibility index (Phi) is 4.89. The van der Waals surface area contributed by atoms with Crippen molar-refractivity contribution < 1.29 is 5.11 Å². The number of aryl methyl sites for hydroxylation is 1. The molecule has 1 saturated heterocycles. The van der Waals surface area contributed by atoms with Crippen LogP contribution in [0.2, 0.25) is 0 Å². The SMILES string of the molecule is Cc1nnc(-c2ccc(-c3ccc(N4CC[C@@H](NCC5CC5)C4)nn3)c(O)c2)s1. The van der Waals surface area contributed by atoms with Crippen molar-refractivity contribution in [1.29, 1.82) is 0 Å². The lowest BCUT2D eigenvalue weighted by atomic mass is 10.1. The van der Waals surface area contributed by atoms with Gasteiger partial charge in [0.25, 0.3) is 0 Å². The van der Waals surface area contributed by atoms with E-state index in [0.29, 0.717) is 17.3 Å². The summed E-state index contributed by atoms with van der Waals surface area (Å²) in [7, 11) is 0. The molecule has 2 aliphatic rings. The molecule has 5 rings (SSSR count). The van der Waals surface area contributed by atoms with Gasteiger partial charge in [-0.1, -0.05) is 17.4 Å². The number of aromatic hydroxyl groups is 1. The third kappa shape index (κ3) is 4.09. The van der Waals surface area contributed by atoms with Crippen molar-refractivity contribution in [2.24, 2.45) is 5.92 Å². The molecule has 29 heavy (non-hydrogen) atoms. The van der Waals surface area contributed by atoms with Crippen molar-refractivity contribution in [1.82, 2.24) is 25.7 Å². The van der Waals surface area contributed by atoms with Crippen molar-refractivity contribution in [3.8, 4) is 27.6 Å². The molecule has 0 spiro atoms. The molecule has 0 radical (unpaired) electrons. The number of anilines is 1. The number of hydrogen-bond acceptors (Lipinski definition) is 8. The Morgan fingerprint density at radius 1 is 1.10 bits per heavy atom. The standard InChI is InChI=1S/C21H24N6OS/c1-13-23-26-21(29-13)15-4-5-17(19(28)10-15)18-6-7-20(25-24-18)27-9-8-16(12-27)22-11-14-2-3-14/h4-7,10,14,16,22,28H,2-3,8-9,11-12H2,1H3/t16-/m1/s1. The fourth-order valence-corrected chi connectivity index (χ4v) is 4.41. The van der Waals surface area contributed by atoms with Crippen LogP contribution in [-0.2, 0) is 0 Å². The van der Waals surface area contributed by atoms with E-state index in [1.165, 1.54) is 24.2 Å². The maximum absolute atomic E-state index is 10.5. The van der Waals surface area contributed by atoms with Gasteiger partial charge in [-0.05, 0) is 62.9 Å². The predicted octanol–water partition coefficient (Wildman–Crippen LogP) is 3.25. The molecule has 150 valence electrons. The molecule has 2 aromatic heterocycles. The van der Waals surface area contributed by atoms with Gasteiger partial charge in [0.1, 0.15) is 15.8 Å². The maximum Gasteiger partial charge on any atom is 0.151 e. The van der Waals surface area contributed by atoms with E-state index in [4.69, 9.17) is 0 Å². The Hall–Kier alpha value is -2.58. The van der Waals surface area contributed by atoms with Gasteiger partial charge < -0.3 is 15.3 Å². The van der Waals surface area contributed by atoms with E-state index in [1.54, 1.807) is 6.07 Å². The summed E-state index contributed by atoms with van der Waals surface area (Å²) in [6, 6.07) is 9.96. The summed E-state index contributed by atoms with van der Waals surface area (Å²) in [6.07, 6.45) is 3.90. The molecule has 0 amide bonds. The first-order valence-corrected chi connectivity index (χ1v) is 10.9. The highest BCUT2D eigenvalue weighted by Crippen LogP contribution is 2.34. The van der Waals surface area contributed by atoms with E-state index in [0.717, 1.165) is 53.4 Å². The first-order valence-electron chi connectivity index (χ1n) is 10.1. The van der Waals surface area contributed by atoms with Crippen LogP contribution in [0, 0.1) is 12.8 Å². The van der Waals surface area contributed by atoms with E-state index in [9.17, 15) is 5.11 Å². The molecule has 1 aliphatic carbocycles. The molecular weight excluding hydrogens is 384 g/mol. The second-order valence-electron chi connectivity index (χ2n) is 7.92. The number of benzene rings is 1. The number of aromatic nitrogens is 4. The predicted molar refractivity (Wildman–Crippen MR) is 114 cm³/mol. The summed E-state index contributed by atoms with van der Waals surface area (Å²) in [5, 5.41) is 32.8. The van der Waals surface area contributed by atoms with Gasteiger partial charge >= 0.3 is 0 Å². The van der Waals surface area contributed by atoms with Crippen LogP contribution in [0.3, 0.4) is 0 Å². The van der Waals surface area contributed by atoms with Crippen LogP contribution in [0.25, 0.3) is 21.8 Å². The number of phenolic OH excluding ortho intramolecular Hbond substituents is 1. The van der Waals surface area contributed by atoms with E-state index in [1.807, 2.05) is 31.2 Å². The average Bonchev–Trinajstić information content (AvgIpc) is 3.26. The molecule has 0 unspecified atom stereocenters. The zero-order valence-corrected chi connectivity index (χ0v) is 17.2. The third-order valence-corrected chi connectivity index (χ3v) is 6.49. The highest BCUT2D eigenvalue weighted by molar-refractivity contribution is 7.14. The van der Waals surface area contributed by atoms with Gasteiger partial charge in [0.05, 0.1) is 5.69 Å². The lowest BCUT2D eigenvalue weighted by Crippen LogP contribution is -2.34. The molecule has 1 aromatic carbocycles. The highest BCUT2D eigenvalue weighted by atomic mass is 32.1. The summed E-state index contributed by atoms with van der Waals surface area (Å²) in [6.45, 7) is 5.03. The van der Waals surface area contributed by atoms with Gasteiger partial charge in [0.2, 0.25) is 0 Å². The zero-order valence-electron chi connectivity index (χ0n) is 16.4. The molecule has 1 aliphatic heterocycles. The fraction of sp³-hybridized carbons (Fsp3) is 0.429. The Labute approximate surface area is 173 Å². The molecule has 2 fully saturated rings. The van der Waals surface area contributed by atoms with Crippen LogP contribution in [-0.4, -0.2) is 51.2 Å². The largest absolute Gasteiger partial charge is 0.507 e. The minimum absolute atomic E-state index is 0.169. The van der Waals surface area contributed by atoms with Crippen LogP contribution >= 0.6 is 11.3 Å². The maximum atomic E-state index is 10.5. The summed E-state index contributed by atoms with van der Waals surface area (Å²) in [5.74, 6) is 1.96. The quantitative estimate of drug-likeness (QED) is 0.647. The van der Waals surface area contributed by atoms with Gasteiger partial charge in [-0.2, -0.15) is 0 Å². The molecule has 3 heterocycles. The molecule has 8 heteroatoms.